The number of nitrogens with one attached hydrogen (secondary N) is 1. The highest BCUT2D eigenvalue weighted by molar-refractivity contribution is 6.34. The maximum atomic E-state index is 13.2. The summed E-state index contributed by atoms with van der Waals surface area (Å²) in [5.41, 5.74) is 0.450. The molecule has 0 aliphatic carbocycles. The van der Waals surface area contributed by atoms with Crippen molar-refractivity contribution in [1.82, 2.24) is 0 Å². The number of anilines is 1. The van der Waals surface area contributed by atoms with Crippen molar-refractivity contribution in [3.05, 3.63) is 63.9 Å². The minimum Gasteiger partial charge on any atom is -0.478 e. The van der Waals surface area contributed by atoms with E-state index in [1.54, 1.807) is 0 Å². The molecule has 0 spiro atoms. The molecule has 2 aromatic carbocycles. The molecule has 0 saturated carbocycles. The number of hydrogen-bond donors (Lipinski definition) is 2. The molecule has 0 aliphatic heterocycles. The van der Waals surface area contributed by atoms with Gasteiger partial charge in [-0.25, -0.2) is 9.18 Å². The summed E-state index contributed by atoms with van der Waals surface area (Å²) in [6, 6.07) is 8.27. The second kappa shape index (κ2) is 5.93. The quantitative estimate of drug-likeness (QED) is 0.907. The van der Waals surface area contributed by atoms with Crippen molar-refractivity contribution in [2.75, 3.05) is 5.32 Å². The molecular weight excluding hydrogens is 297 g/mol. The van der Waals surface area contributed by atoms with Crippen LogP contribution < -0.4 is 5.32 Å². The van der Waals surface area contributed by atoms with Crippen molar-refractivity contribution in [1.29, 1.82) is 0 Å². The van der Waals surface area contributed by atoms with E-state index in [1.165, 1.54) is 43.3 Å². The van der Waals surface area contributed by atoms with Gasteiger partial charge in [-0.3, -0.25) is 4.79 Å². The van der Waals surface area contributed by atoms with Crippen LogP contribution in [0.25, 0.3) is 0 Å². The van der Waals surface area contributed by atoms with Crippen LogP contribution in [-0.2, 0) is 0 Å². The molecule has 0 aliphatic rings. The fourth-order valence-electron chi connectivity index (χ4n) is 1.83. The summed E-state index contributed by atoms with van der Waals surface area (Å²) in [5, 5.41) is 11.6. The lowest BCUT2D eigenvalue weighted by atomic mass is 10.1. The van der Waals surface area contributed by atoms with Gasteiger partial charge in [-0.1, -0.05) is 17.7 Å². The Bertz CT molecular complexity index is 731. The predicted octanol–water partition coefficient (Wildman–Crippen LogP) is 3.74. The molecule has 6 heteroatoms. The van der Waals surface area contributed by atoms with E-state index in [9.17, 15) is 14.0 Å². The molecule has 0 aromatic heterocycles. The van der Waals surface area contributed by atoms with Crippen LogP contribution in [0.4, 0.5) is 10.1 Å². The van der Waals surface area contributed by atoms with Crippen molar-refractivity contribution < 1.29 is 19.1 Å². The number of aryl methyl sites for hydroxylation is 1. The van der Waals surface area contributed by atoms with Crippen LogP contribution in [0.5, 0.6) is 0 Å². The highest BCUT2D eigenvalue weighted by atomic mass is 35.5. The number of benzene rings is 2. The molecule has 2 aromatic rings. The molecule has 0 radical (unpaired) electrons. The zero-order valence-corrected chi connectivity index (χ0v) is 11.7. The van der Waals surface area contributed by atoms with E-state index in [0.717, 1.165) is 0 Å². The van der Waals surface area contributed by atoms with E-state index < -0.39 is 17.7 Å². The van der Waals surface area contributed by atoms with Crippen LogP contribution >= 0.6 is 11.6 Å². The van der Waals surface area contributed by atoms with E-state index >= 15 is 0 Å². The van der Waals surface area contributed by atoms with Crippen LogP contribution in [0.3, 0.4) is 0 Å². The zero-order valence-electron chi connectivity index (χ0n) is 11.0. The third-order valence-electron chi connectivity index (χ3n) is 2.90. The van der Waals surface area contributed by atoms with Gasteiger partial charge in [0.15, 0.2) is 0 Å². The highest BCUT2D eigenvalue weighted by Crippen LogP contribution is 2.25. The van der Waals surface area contributed by atoms with E-state index in [1.807, 2.05) is 0 Å². The topological polar surface area (TPSA) is 66.4 Å². The smallest absolute Gasteiger partial charge is 0.339 e. The molecular formula is C15H11ClFNO3. The zero-order chi connectivity index (χ0) is 15.6. The lowest BCUT2D eigenvalue weighted by Crippen LogP contribution is -2.15. The minimum atomic E-state index is -1.24. The van der Waals surface area contributed by atoms with Gasteiger partial charge in [0.2, 0.25) is 0 Å². The summed E-state index contributed by atoms with van der Waals surface area (Å²) in [6.07, 6.45) is 0. The molecule has 4 nitrogen and oxygen atoms in total. The van der Waals surface area contributed by atoms with Gasteiger partial charge in [0.1, 0.15) is 11.4 Å². The molecule has 0 fully saturated rings. The van der Waals surface area contributed by atoms with Gasteiger partial charge in [-0.05, 0) is 42.8 Å². The summed E-state index contributed by atoms with van der Waals surface area (Å²) in [4.78, 5) is 23.3. The number of rotatable bonds is 3. The van der Waals surface area contributed by atoms with Crippen LogP contribution in [-0.4, -0.2) is 17.0 Å². The highest BCUT2D eigenvalue weighted by Gasteiger charge is 2.17. The maximum absolute atomic E-state index is 13.2. The third-order valence-corrected chi connectivity index (χ3v) is 3.21. The first kappa shape index (κ1) is 15.0. The average Bonchev–Trinajstić information content (AvgIpc) is 2.41. The Balaban J connectivity index is 2.34. The molecule has 0 bridgehead atoms. The number of aromatic carboxylic acids is 1. The number of halogens is 2. The van der Waals surface area contributed by atoms with E-state index in [0.29, 0.717) is 5.56 Å². The van der Waals surface area contributed by atoms with E-state index in [4.69, 9.17) is 16.7 Å². The van der Waals surface area contributed by atoms with Crippen molar-refractivity contribution in [3.8, 4) is 0 Å². The second-order valence-electron chi connectivity index (χ2n) is 4.39. The SMILES string of the molecule is Cc1cc(C(=O)Nc2cccc(Cl)c2C(=O)O)ccc1F. The molecule has 0 heterocycles. The summed E-state index contributed by atoms with van der Waals surface area (Å²) < 4.78 is 13.2. The van der Waals surface area contributed by atoms with Crippen LogP contribution in [0.2, 0.25) is 5.02 Å². The maximum Gasteiger partial charge on any atom is 0.339 e. The molecule has 108 valence electrons. The molecule has 1 amide bonds. The average molecular weight is 308 g/mol. The Morgan fingerprint density at radius 1 is 1.24 bits per heavy atom. The molecule has 2 rings (SSSR count). The fourth-order valence-corrected chi connectivity index (χ4v) is 2.08. The molecule has 0 atom stereocenters. The summed E-state index contributed by atoms with van der Waals surface area (Å²) >= 11 is 5.82. The molecule has 0 unspecified atom stereocenters. The first-order valence-corrected chi connectivity index (χ1v) is 6.37. The first-order valence-electron chi connectivity index (χ1n) is 5.99. The molecule has 2 N–H and O–H groups in total. The van der Waals surface area contributed by atoms with Gasteiger partial charge in [-0.15, -0.1) is 0 Å². The summed E-state index contributed by atoms with van der Waals surface area (Å²) in [6.45, 7) is 1.54. The Hall–Kier alpha value is -2.40. The Morgan fingerprint density at radius 3 is 2.57 bits per heavy atom. The van der Waals surface area contributed by atoms with Gasteiger partial charge < -0.3 is 10.4 Å². The largest absolute Gasteiger partial charge is 0.478 e. The summed E-state index contributed by atoms with van der Waals surface area (Å²) in [5.74, 6) is -2.20. The monoisotopic (exact) mass is 307 g/mol. The second-order valence-corrected chi connectivity index (χ2v) is 4.79. The first-order chi connectivity index (χ1) is 9.90. The Labute approximate surface area is 125 Å². The van der Waals surface area contributed by atoms with Crippen LogP contribution in [0.1, 0.15) is 26.3 Å². The van der Waals surface area contributed by atoms with Gasteiger partial charge in [0, 0.05) is 5.56 Å². The minimum absolute atomic E-state index is 0.0237. The normalized spacial score (nSPS) is 10.2. The predicted molar refractivity (Wildman–Crippen MR) is 77.5 cm³/mol. The van der Waals surface area contributed by atoms with Crippen molar-refractivity contribution >= 4 is 29.2 Å². The molecule has 0 saturated heterocycles. The lowest BCUT2D eigenvalue weighted by Gasteiger charge is -2.10. The standard InChI is InChI=1S/C15H11ClFNO3/c1-8-7-9(5-6-11(8)17)14(19)18-12-4-2-3-10(16)13(12)15(20)21/h2-7H,1H3,(H,18,19)(H,20,21). The van der Waals surface area contributed by atoms with Crippen molar-refractivity contribution in [2.45, 2.75) is 6.92 Å². The van der Waals surface area contributed by atoms with Gasteiger partial charge in [-0.2, -0.15) is 0 Å². The van der Waals surface area contributed by atoms with Gasteiger partial charge in [0.05, 0.1) is 10.7 Å². The van der Waals surface area contributed by atoms with Gasteiger partial charge >= 0.3 is 5.97 Å². The Morgan fingerprint density at radius 2 is 1.95 bits per heavy atom. The number of carbonyl (C=O) groups is 2. The van der Waals surface area contributed by atoms with Crippen molar-refractivity contribution in [3.63, 3.8) is 0 Å². The van der Waals surface area contributed by atoms with Crippen molar-refractivity contribution in [2.24, 2.45) is 0 Å². The third kappa shape index (κ3) is 3.20. The fraction of sp³-hybridized carbons (Fsp3) is 0.0667. The Kier molecular flexibility index (Phi) is 4.23. The number of hydrogen-bond acceptors (Lipinski definition) is 2. The van der Waals surface area contributed by atoms with Crippen LogP contribution in [0, 0.1) is 12.7 Å². The lowest BCUT2D eigenvalue weighted by molar-refractivity contribution is 0.0698. The van der Waals surface area contributed by atoms with Gasteiger partial charge in [0.25, 0.3) is 5.91 Å². The number of amides is 1. The number of carbonyl (C=O) groups excluding carboxylic acids is 1. The van der Waals surface area contributed by atoms with E-state index in [2.05, 4.69) is 5.32 Å². The van der Waals surface area contributed by atoms with E-state index in [-0.39, 0.29) is 21.8 Å². The molecule has 21 heavy (non-hydrogen) atoms. The summed E-state index contributed by atoms with van der Waals surface area (Å²) in [7, 11) is 0. The van der Waals surface area contributed by atoms with Crippen LogP contribution in [0.15, 0.2) is 36.4 Å². The number of carboxylic acid groups (broad SMARTS) is 1. The number of carboxylic acids is 1.